The minimum Gasteiger partial charge on any atom is -0.403 e. The van der Waals surface area contributed by atoms with Gasteiger partial charge in [0.15, 0.2) is 0 Å². The van der Waals surface area contributed by atoms with E-state index in [1.807, 2.05) is 32.0 Å². The Morgan fingerprint density at radius 2 is 1.96 bits per heavy atom. The van der Waals surface area contributed by atoms with E-state index >= 15 is 0 Å². The van der Waals surface area contributed by atoms with Gasteiger partial charge in [0.25, 0.3) is 11.6 Å². The van der Waals surface area contributed by atoms with Crippen LogP contribution in [0.15, 0.2) is 40.8 Å². The second-order valence-corrected chi connectivity index (χ2v) is 6.01. The van der Waals surface area contributed by atoms with Crippen molar-refractivity contribution < 1.29 is 14.1 Å². The number of nitro benzene ring substituents is 1. The number of nitrogens with zero attached hydrogens (tertiary/aromatic N) is 3. The summed E-state index contributed by atoms with van der Waals surface area (Å²) in [5.41, 5.74) is 2.48. The van der Waals surface area contributed by atoms with Gasteiger partial charge in [-0.3, -0.25) is 20.2 Å². The molecule has 1 amide bonds. The minimum atomic E-state index is -0.686. The molecule has 0 aliphatic rings. The van der Waals surface area contributed by atoms with E-state index in [2.05, 4.69) is 15.5 Å². The number of aromatic nitrogens is 2. The Morgan fingerprint density at radius 1 is 1.19 bits per heavy atom. The molecule has 26 heavy (non-hydrogen) atoms. The molecule has 0 spiro atoms. The second kappa shape index (κ2) is 6.93. The number of rotatable bonds is 4. The van der Waals surface area contributed by atoms with E-state index in [4.69, 9.17) is 16.0 Å². The van der Waals surface area contributed by atoms with Gasteiger partial charge in [0.1, 0.15) is 0 Å². The predicted molar refractivity (Wildman–Crippen MR) is 95.3 cm³/mol. The lowest BCUT2D eigenvalue weighted by molar-refractivity contribution is -0.384. The second-order valence-electron chi connectivity index (χ2n) is 5.61. The van der Waals surface area contributed by atoms with Crippen LogP contribution in [0.3, 0.4) is 0 Å². The van der Waals surface area contributed by atoms with Gasteiger partial charge in [0, 0.05) is 17.7 Å². The molecule has 1 N–H and O–H groups in total. The third-order valence-corrected chi connectivity index (χ3v) is 3.99. The molecular weight excluding hydrogens is 360 g/mol. The number of carbonyl (C=O) groups is 1. The molecule has 0 radical (unpaired) electrons. The van der Waals surface area contributed by atoms with Crippen molar-refractivity contribution >= 4 is 29.2 Å². The van der Waals surface area contributed by atoms with Crippen LogP contribution in [-0.4, -0.2) is 21.0 Å². The van der Waals surface area contributed by atoms with Crippen LogP contribution in [0.4, 0.5) is 11.7 Å². The third kappa shape index (κ3) is 3.55. The highest BCUT2D eigenvalue weighted by atomic mass is 35.5. The molecule has 9 heteroatoms. The first-order valence-electron chi connectivity index (χ1n) is 7.51. The number of carbonyl (C=O) groups excluding carboxylic acids is 1. The maximum absolute atomic E-state index is 12.3. The van der Waals surface area contributed by atoms with Gasteiger partial charge in [0.2, 0.25) is 5.89 Å². The summed E-state index contributed by atoms with van der Waals surface area (Å²) in [7, 11) is 0. The summed E-state index contributed by atoms with van der Waals surface area (Å²) in [4.78, 5) is 22.6. The van der Waals surface area contributed by atoms with Crippen LogP contribution < -0.4 is 5.32 Å². The lowest BCUT2D eigenvalue weighted by Crippen LogP contribution is -2.13. The van der Waals surface area contributed by atoms with E-state index in [9.17, 15) is 14.9 Å². The number of hydrogen-bond acceptors (Lipinski definition) is 6. The van der Waals surface area contributed by atoms with Crippen molar-refractivity contribution in [3.63, 3.8) is 0 Å². The van der Waals surface area contributed by atoms with Crippen LogP contribution in [0.1, 0.15) is 21.5 Å². The van der Waals surface area contributed by atoms with Crippen LogP contribution in [0.25, 0.3) is 11.5 Å². The number of halogens is 1. The summed E-state index contributed by atoms with van der Waals surface area (Å²) >= 11 is 5.95. The van der Waals surface area contributed by atoms with Crippen LogP contribution in [0.2, 0.25) is 5.02 Å². The minimum absolute atomic E-state index is 0.0628. The first-order valence-corrected chi connectivity index (χ1v) is 7.89. The van der Waals surface area contributed by atoms with Crippen LogP contribution in [-0.2, 0) is 0 Å². The number of nitro groups is 1. The quantitative estimate of drug-likeness (QED) is 0.543. The molecule has 0 aliphatic heterocycles. The number of non-ortho nitro benzene ring substituents is 1. The Hall–Kier alpha value is -3.26. The van der Waals surface area contributed by atoms with Gasteiger partial charge in [-0.1, -0.05) is 34.4 Å². The molecule has 0 saturated heterocycles. The Bertz CT molecular complexity index is 1020. The van der Waals surface area contributed by atoms with Gasteiger partial charge in [-0.05, 0) is 31.5 Å². The molecule has 0 bridgehead atoms. The fourth-order valence-corrected chi connectivity index (χ4v) is 2.60. The number of benzene rings is 2. The molecule has 2 aromatic carbocycles. The fraction of sp³-hybridized carbons (Fsp3) is 0.118. The third-order valence-electron chi connectivity index (χ3n) is 3.66. The largest absolute Gasteiger partial charge is 0.403 e. The van der Waals surface area contributed by atoms with E-state index in [0.29, 0.717) is 0 Å². The highest BCUT2D eigenvalue weighted by Gasteiger charge is 2.19. The molecule has 3 rings (SSSR count). The molecule has 0 atom stereocenters. The van der Waals surface area contributed by atoms with E-state index < -0.39 is 10.8 Å². The number of amides is 1. The summed E-state index contributed by atoms with van der Waals surface area (Å²) in [6.07, 6.45) is 0. The molecule has 0 fully saturated rings. The summed E-state index contributed by atoms with van der Waals surface area (Å²) in [6.45, 7) is 3.88. The van der Waals surface area contributed by atoms with Gasteiger partial charge >= 0.3 is 6.01 Å². The Balaban J connectivity index is 1.84. The average molecular weight is 373 g/mol. The zero-order chi connectivity index (χ0) is 18.8. The van der Waals surface area contributed by atoms with Gasteiger partial charge in [-0.25, -0.2) is 0 Å². The number of anilines is 1. The van der Waals surface area contributed by atoms with Gasteiger partial charge in [-0.2, -0.15) is 0 Å². The smallest absolute Gasteiger partial charge is 0.322 e. The zero-order valence-corrected chi connectivity index (χ0v) is 14.6. The van der Waals surface area contributed by atoms with Crippen molar-refractivity contribution in [1.29, 1.82) is 0 Å². The molecule has 8 nitrogen and oxygen atoms in total. The van der Waals surface area contributed by atoms with Gasteiger partial charge in [0.05, 0.1) is 15.5 Å². The topological polar surface area (TPSA) is 111 Å². The van der Waals surface area contributed by atoms with Crippen molar-refractivity contribution in [2.45, 2.75) is 13.8 Å². The number of nitrogens with one attached hydrogen (secondary N) is 1. The summed E-state index contributed by atoms with van der Waals surface area (Å²) in [5, 5.41) is 21.0. The molecule has 132 valence electrons. The number of aryl methyl sites for hydroxylation is 2. The van der Waals surface area contributed by atoms with Crippen molar-refractivity contribution in [1.82, 2.24) is 10.2 Å². The monoisotopic (exact) mass is 372 g/mol. The average Bonchev–Trinajstić information content (AvgIpc) is 3.03. The molecule has 0 saturated carbocycles. The van der Waals surface area contributed by atoms with E-state index in [1.165, 1.54) is 12.1 Å². The molecule has 1 aromatic heterocycles. The zero-order valence-electron chi connectivity index (χ0n) is 13.8. The Labute approximate surface area is 153 Å². The Kier molecular flexibility index (Phi) is 4.68. The SMILES string of the molecule is Cc1ccc(-c2nnc(NC(=O)c3cc([N+](=O)[O-])ccc3Cl)o2)c(C)c1. The lowest BCUT2D eigenvalue weighted by atomic mass is 10.1. The summed E-state index contributed by atoms with van der Waals surface area (Å²) < 4.78 is 5.47. The van der Waals surface area contributed by atoms with Crippen LogP contribution in [0, 0.1) is 24.0 Å². The van der Waals surface area contributed by atoms with Gasteiger partial charge in [-0.15, -0.1) is 5.10 Å². The summed E-state index contributed by atoms with van der Waals surface area (Å²) in [6, 6.07) is 9.18. The lowest BCUT2D eigenvalue weighted by Gasteiger charge is -2.03. The molecule has 3 aromatic rings. The molecule has 0 aliphatic carbocycles. The van der Waals surface area contributed by atoms with Crippen molar-refractivity contribution in [3.05, 3.63) is 68.2 Å². The first-order chi connectivity index (χ1) is 12.3. The van der Waals surface area contributed by atoms with Crippen LogP contribution in [0.5, 0.6) is 0 Å². The predicted octanol–water partition coefficient (Wildman–Crippen LogP) is 4.17. The normalized spacial score (nSPS) is 10.6. The standard InChI is InChI=1S/C17H13ClN4O4/c1-9-3-5-12(10(2)7-9)16-20-21-17(26-16)19-15(23)13-8-11(22(24)25)4-6-14(13)18/h3-8H,1-2H3,(H,19,21,23). The van der Waals surface area contributed by atoms with E-state index in [0.717, 1.165) is 22.8 Å². The first kappa shape index (κ1) is 17.6. The maximum atomic E-state index is 12.3. The van der Waals surface area contributed by atoms with Crippen LogP contribution >= 0.6 is 11.6 Å². The molecule has 1 heterocycles. The van der Waals surface area contributed by atoms with E-state index in [-0.39, 0.29) is 28.2 Å². The fourth-order valence-electron chi connectivity index (χ4n) is 2.40. The highest BCUT2D eigenvalue weighted by Crippen LogP contribution is 2.26. The highest BCUT2D eigenvalue weighted by molar-refractivity contribution is 6.34. The molecular formula is C17H13ClN4O4. The molecule has 0 unspecified atom stereocenters. The van der Waals surface area contributed by atoms with Crippen molar-refractivity contribution in [3.8, 4) is 11.5 Å². The summed E-state index contributed by atoms with van der Waals surface area (Å²) in [5.74, 6) is -0.433. The van der Waals surface area contributed by atoms with Gasteiger partial charge < -0.3 is 4.42 Å². The van der Waals surface area contributed by atoms with E-state index in [1.54, 1.807) is 0 Å². The Morgan fingerprint density at radius 3 is 2.65 bits per heavy atom. The van der Waals surface area contributed by atoms with Crippen molar-refractivity contribution in [2.75, 3.05) is 5.32 Å². The number of hydrogen-bond donors (Lipinski definition) is 1. The van der Waals surface area contributed by atoms with Crippen molar-refractivity contribution in [2.24, 2.45) is 0 Å². The maximum Gasteiger partial charge on any atom is 0.322 e.